The Morgan fingerprint density at radius 1 is 1.13 bits per heavy atom. The van der Waals surface area contributed by atoms with Gasteiger partial charge >= 0.3 is 0 Å². The standard InChI is InChI=1S/C19H21N3S/c1-2-5-15-12-16(8-7-14(15)4-1)19(18-6-3-11-23-18)20-13-17-9-10-21-22-17/h3,6-12,19-20H,1-2,4-5,13H2,(H,21,22). The lowest BCUT2D eigenvalue weighted by molar-refractivity contribution is 0.600. The Bertz CT molecular complexity index is 747. The predicted molar refractivity (Wildman–Crippen MR) is 94.7 cm³/mol. The summed E-state index contributed by atoms with van der Waals surface area (Å²) in [6.07, 6.45) is 6.91. The van der Waals surface area contributed by atoms with E-state index in [1.54, 1.807) is 17.3 Å². The van der Waals surface area contributed by atoms with Gasteiger partial charge in [0.15, 0.2) is 0 Å². The van der Waals surface area contributed by atoms with Crippen molar-refractivity contribution in [3.63, 3.8) is 0 Å². The van der Waals surface area contributed by atoms with Gasteiger partial charge in [-0.1, -0.05) is 24.3 Å². The maximum absolute atomic E-state index is 4.03. The average molecular weight is 323 g/mol. The lowest BCUT2D eigenvalue weighted by Gasteiger charge is -2.22. The molecule has 0 amide bonds. The van der Waals surface area contributed by atoms with E-state index in [2.05, 4.69) is 51.2 Å². The number of hydrogen-bond acceptors (Lipinski definition) is 3. The summed E-state index contributed by atoms with van der Waals surface area (Å²) in [4.78, 5) is 1.36. The van der Waals surface area contributed by atoms with Crippen molar-refractivity contribution in [2.75, 3.05) is 0 Å². The lowest BCUT2D eigenvalue weighted by atomic mass is 9.89. The quantitative estimate of drug-likeness (QED) is 0.738. The Hall–Kier alpha value is -1.91. The molecule has 0 fully saturated rings. The van der Waals surface area contributed by atoms with Crippen molar-refractivity contribution in [1.82, 2.24) is 15.5 Å². The monoisotopic (exact) mass is 323 g/mol. The number of rotatable bonds is 5. The van der Waals surface area contributed by atoms with Crippen LogP contribution in [0.4, 0.5) is 0 Å². The number of aromatic nitrogens is 2. The third kappa shape index (κ3) is 3.23. The molecule has 0 saturated heterocycles. The first kappa shape index (κ1) is 14.7. The molecular formula is C19H21N3S. The molecule has 0 saturated carbocycles. The first-order chi connectivity index (χ1) is 11.4. The molecule has 1 aliphatic carbocycles. The summed E-state index contributed by atoms with van der Waals surface area (Å²) in [6.45, 7) is 0.791. The Morgan fingerprint density at radius 3 is 2.83 bits per heavy atom. The van der Waals surface area contributed by atoms with Gasteiger partial charge in [0.25, 0.3) is 0 Å². The summed E-state index contributed by atoms with van der Waals surface area (Å²) in [6, 6.07) is 13.7. The Morgan fingerprint density at radius 2 is 2.04 bits per heavy atom. The van der Waals surface area contributed by atoms with Gasteiger partial charge in [0.2, 0.25) is 0 Å². The number of thiophene rings is 1. The van der Waals surface area contributed by atoms with E-state index in [0.29, 0.717) is 0 Å². The van der Waals surface area contributed by atoms with E-state index >= 15 is 0 Å². The molecule has 0 spiro atoms. The number of benzene rings is 1. The largest absolute Gasteiger partial charge is 0.300 e. The highest BCUT2D eigenvalue weighted by atomic mass is 32.1. The molecule has 2 aromatic heterocycles. The summed E-state index contributed by atoms with van der Waals surface area (Å²) in [5, 5.41) is 12.9. The molecular weight excluding hydrogens is 302 g/mol. The van der Waals surface area contributed by atoms with Crippen LogP contribution < -0.4 is 5.32 Å². The molecule has 1 atom stereocenters. The van der Waals surface area contributed by atoms with E-state index in [-0.39, 0.29) is 6.04 Å². The van der Waals surface area contributed by atoms with E-state index in [0.717, 1.165) is 12.2 Å². The average Bonchev–Trinajstić information content (AvgIpc) is 3.29. The summed E-state index contributed by atoms with van der Waals surface area (Å²) in [5.74, 6) is 0. The minimum atomic E-state index is 0.241. The van der Waals surface area contributed by atoms with Gasteiger partial charge in [-0.2, -0.15) is 5.10 Å². The Balaban J connectivity index is 1.62. The molecule has 1 aromatic carbocycles. The zero-order chi connectivity index (χ0) is 15.5. The van der Waals surface area contributed by atoms with E-state index < -0.39 is 0 Å². The smallest absolute Gasteiger partial charge is 0.0674 e. The van der Waals surface area contributed by atoms with Gasteiger partial charge in [-0.3, -0.25) is 10.4 Å². The van der Waals surface area contributed by atoms with Gasteiger partial charge in [0, 0.05) is 23.3 Å². The van der Waals surface area contributed by atoms with Gasteiger partial charge in [0.1, 0.15) is 0 Å². The fraction of sp³-hybridized carbons (Fsp3) is 0.316. The third-order valence-corrected chi connectivity index (χ3v) is 5.53. The molecule has 1 unspecified atom stereocenters. The van der Waals surface area contributed by atoms with Gasteiger partial charge < -0.3 is 0 Å². The number of nitrogens with zero attached hydrogens (tertiary/aromatic N) is 1. The molecule has 4 rings (SSSR count). The third-order valence-electron chi connectivity index (χ3n) is 4.59. The van der Waals surface area contributed by atoms with Crippen molar-refractivity contribution in [1.29, 1.82) is 0 Å². The summed E-state index contributed by atoms with van der Waals surface area (Å²) in [7, 11) is 0. The zero-order valence-electron chi connectivity index (χ0n) is 13.1. The topological polar surface area (TPSA) is 40.7 Å². The van der Waals surface area contributed by atoms with Crippen LogP contribution in [0, 0.1) is 0 Å². The number of aromatic amines is 1. The van der Waals surface area contributed by atoms with Crippen molar-refractivity contribution < 1.29 is 0 Å². The van der Waals surface area contributed by atoms with E-state index in [1.807, 2.05) is 17.4 Å². The number of nitrogens with one attached hydrogen (secondary N) is 2. The molecule has 1 aliphatic rings. The second kappa shape index (κ2) is 6.69. The molecule has 2 N–H and O–H groups in total. The van der Waals surface area contributed by atoms with Crippen LogP contribution >= 0.6 is 11.3 Å². The highest BCUT2D eigenvalue weighted by Crippen LogP contribution is 2.30. The number of H-pyrrole nitrogens is 1. The van der Waals surface area contributed by atoms with E-state index in [9.17, 15) is 0 Å². The van der Waals surface area contributed by atoms with Crippen molar-refractivity contribution in [2.45, 2.75) is 38.3 Å². The Kier molecular flexibility index (Phi) is 4.26. The van der Waals surface area contributed by atoms with Crippen LogP contribution in [0.1, 0.15) is 46.1 Å². The summed E-state index contributed by atoms with van der Waals surface area (Å²) in [5.41, 5.74) is 5.56. The summed E-state index contributed by atoms with van der Waals surface area (Å²) >= 11 is 1.81. The molecule has 23 heavy (non-hydrogen) atoms. The summed E-state index contributed by atoms with van der Waals surface area (Å²) < 4.78 is 0. The number of fused-ring (bicyclic) bond motifs is 1. The molecule has 118 valence electrons. The molecule has 3 nitrogen and oxygen atoms in total. The number of aryl methyl sites for hydroxylation is 2. The molecule has 4 heteroatoms. The minimum Gasteiger partial charge on any atom is -0.300 e. The fourth-order valence-corrected chi connectivity index (χ4v) is 4.19. The van der Waals surface area contributed by atoms with Gasteiger partial charge in [-0.05, 0) is 59.9 Å². The number of hydrogen-bond donors (Lipinski definition) is 2. The van der Waals surface area contributed by atoms with Crippen LogP contribution in [0.15, 0.2) is 48.0 Å². The van der Waals surface area contributed by atoms with Crippen molar-refractivity contribution >= 4 is 11.3 Å². The van der Waals surface area contributed by atoms with Gasteiger partial charge in [0.05, 0.1) is 6.04 Å². The Labute approximate surface area is 140 Å². The van der Waals surface area contributed by atoms with Crippen LogP contribution in [0.5, 0.6) is 0 Å². The van der Waals surface area contributed by atoms with Gasteiger partial charge in [-0.15, -0.1) is 11.3 Å². The van der Waals surface area contributed by atoms with Crippen LogP contribution in [0.25, 0.3) is 0 Å². The second-order valence-corrected chi connectivity index (χ2v) is 7.13. The zero-order valence-corrected chi connectivity index (χ0v) is 13.9. The maximum Gasteiger partial charge on any atom is 0.0674 e. The first-order valence-corrected chi connectivity index (χ1v) is 9.15. The normalized spacial score (nSPS) is 15.3. The van der Waals surface area contributed by atoms with Crippen LogP contribution in [-0.4, -0.2) is 10.2 Å². The van der Waals surface area contributed by atoms with Crippen molar-refractivity contribution in [3.05, 3.63) is 75.2 Å². The minimum absolute atomic E-state index is 0.241. The molecule has 3 aromatic rings. The lowest BCUT2D eigenvalue weighted by Crippen LogP contribution is -2.22. The van der Waals surface area contributed by atoms with Crippen LogP contribution in [0.3, 0.4) is 0 Å². The fourth-order valence-electron chi connectivity index (χ4n) is 3.37. The van der Waals surface area contributed by atoms with Crippen LogP contribution in [0.2, 0.25) is 0 Å². The van der Waals surface area contributed by atoms with Gasteiger partial charge in [-0.25, -0.2) is 0 Å². The van der Waals surface area contributed by atoms with E-state index in [4.69, 9.17) is 0 Å². The second-order valence-electron chi connectivity index (χ2n) is 6.15. The van der Waals surface area contributed by atoms with Crippen molar-refractivity contribution in [3.8, 4) is 0 Å². The maximum atomic E-state index is 4.03. The van der Waals surface area contributed by atoms with Crippen LogP contribution in [-0.2, 0) is 19.4 Å². The predicted octanol–water partition coefficient (Wildman–Crippen LogP) is 4.23. The molecule has 0 radical (unpaired) electrons. The highest BCUT2D eigenvalue weighted by molar-refractivity contribution is 7.10. The molecule has 0 aliphatic heterocycles. The van der Waals surface area contributed by atoms with Crippen molar-refractivity contribution in [2.24, 2.45) is 0 Å². The SMILES string of the molecule is c1csc(C(NCc2ccn[nH]2)c2ccc3c(c2)CCCC3)c1. The highest BCUT2D eigenvalue weighted by Gasteiger charge is 2.17. The molecule has 0 bridgehead atoms. The molecule has 2 heterocycles. The van der Waals surface area contributed by atoms with E-state index in [1.165, 1.54) is 36.1 Å². The first-order valence-electron chi connectivity index (χ1n) is 8.27.